The Morgan fingerprint density at radius 1 is 1.39 bits per heavy atom. The molecule has 0 aliphatic rings. The highest BCUT2D eigenvalue weighted by Crippen LogP contribution is 2.12. The van der Waals surface area contributed by atoms with E-state index in [1.54, 1.807) is 0 Å². The third kappa shape index (κ3) is 5.52. The van der Waals surface area contributed by atoms with Crippen LogP contribution < -0.4 is 5.32 Å². The summed E-state index contributed by atoms with van der Waals surface area (Å²) < 4.78 is 4.72. The third-order valence-corrected chi connectivity index (χ3v) is 2.97. The summed E-state index contributed by atoms with van der Waals surface area (Å²) in [5.41, 5.74) is 1.16. The van der Waals surface area contributed by atoms with E-state index in [0.717, 1.165) is 30.0 Å². The van der Waals surface area contributed by atoms with Crippen LogP contribution in [0.15, 0.2) is 24.3 Å². The maximum absolute atomic E-state index is 11.3. The molecule has 0 saturated heterocycles. The topological polar surface area (TPSA) is 38.3 Å². The highest BCUT2D eigenvalue weighted by atomic mass is 35.5. The van der Waals surface area contributed by atoms with Gasteiger partial charge in [-0.2, -0.15) is 0 Å². The van der Waals surface area contributed by atoms with Gasteiger partial charge < -0.3 is 10.1 Å². The van der Waals surface area contributed by atoms with Gasteiger partial charge in [-0.3, -0.25) is 4.79 Å². The summed E-state index contributed by atoms with van der Waals surface area (Å²) in [7, 11) is 1.42. The summed E-state index contributed by atoms with van der Waals surface area (Å²) in [5, 5.41) is 4.09. The van der Waals surface area contributed by atoms with Crippen molar-refractivity contribution in [1.82, 2.24) is 5.32 Å². The monoisotopic (exact) mass is 269 g/mol. The van der Waals surface area contributed by atoms with E-state index in [4.69, 9.17) is 16.3 Å². The second-order valence-electron chi connectivity index (χ2n) is 4.26. The van der Waals surface area contributed by atoms with Crippen LogP contribution in [-0.4, -0.2) is 25.7 Å². The van der Waals surface area contributed by atoms with Gasteiger partial charge in [-0.05, 0) is 37.1 Å². The number of carbonyl (C=O) groups is 1. The molecule has 0 saturated carbocycles. The van der Waals surface area contributed by atoms with E-state index in [9.17, 15) is 4.79 Å². The van der Waals surface area contributed by atoms with E-state index in [1.807, 2.05) is 24.3 Å². The molecule has 0 aliphatic heterocycles. The molecular weight excluding hydrogens is 250 g/mol. The quantitative estimate of drug-likeness (QED) is 0.774. The molecule has 3 nitrogen and oxygen atoms in total. The van der Waals surface area contributed by atoms with Gasteiger partial charge in [0.1, 0.15) is 0 Å². The molecule has 4 heteroatoms. The minimum atomic E-state index is -0.183. The minimum absolute atomic E-state index is 0.110. The molecule has 0 radical (unpaired) electrons. The van der Waals surface area contributed by atoms with E-state index >= 15 is 0 Å². The fourth-order valence-corrected chi connectivity index (χ4v) is 1.88. The van der Waals surface area contributed by atoms with Crippen LogP contribution >= 0.6 is 11.6 Å². The van der Waals surface area contributed by atoms with E-state index in [0.29, 0.717) is 6.42 Å². The maximum atomic E-state index is 11.3. The van der Waals surface area contributed by atoms with Gasteiger partial charge in [-0.1, -0.05) is 30.7 Å². The standard InChI is InChI=1S/C14H20ClNO2/c1-3-8-16-13(10-14(17)18-2)9-11-4-6-12(15)7-5-11/h4-7,13,16H,3,8-10H2,1-2H3. The molecule has 1 atom stereocenters. The normalized spacial score (nSPS) is 12.2. The third-order valence-electron chi connectivity index (χ3n) is 2.72. The van der Waals surface area contributed by atoms with E-state index in [2.05, 4.69) is 12.2 Å². The zero-order chi connectivity index (χ0) is 13.4. The molecule has 1 aromatic carbocycles. The molecule has 1 aromatic rings. The van der Waals surface area contributed by atoms with E-state index in [-0.39, 0.29) is 12.0 Å². The predicted molar refractivity (Wildman–Crippen MR) is 73.9 cm³/mol. The lowest BCUT2D eigenvalue weighted by Gasteiger charge is -2.17. The van der Waals surface area contributed by atoms with Crippen molar-refractivity contribution in [3.63, 3.8) is 0 Å². The molecule has 0 amide bonds. The second-order valence-corrected chi connectivity index (χ2v) is 4.70. The van der Waals surface area contributed by atoms with Gasteiger partial charge in [0.15, 0.2) is 0 Å². The molecular formula is C14H20ClNO2. The van der Waals surface area contributed by atoms with Crippen LogP contribution in [0.25, 0.3) is 0 Å². The molecule has 100 valence electrons. The first-order valence-electron chi connectivity index (χ1n) is 6.20. The van der Waals surface area contributed by atoms with Crippen LogP contribution in [0, 0.1) is 0 Å². The number of carbonyl (C=O) groups excluding carboxylic acids is 1. The van der Waals surface area contributed by atoms with Gasteiger partial charge in [0.05, 0.1) is 13.5 Å². The van der Waals surface area contributed by atoms with Crippen LogP contribution in [0.5, 0.6) is 0 Å². The van der Waals surface area contributed by atoms with E-state index < -0.39 is 0 Å². The molecule has 0 heterocycles. The highest BCUT2D eigenvalue weighted by Gasteiger charge is 2.14. The summed E-state index contributed by atoms with van der Waals surface area (Å²) in [6.07, 6.45) is 2.23. The van der Waals surface area contributed by atoms with Crippen molar-refractivity contribution >= 4 is 17.6 Å². The zero-order valence-corrected chi connectivity index (χ0v) is 11.7. The smallest absolute Gasteiger partial charge is 0.307 e. The molecule has 0 fully saturated rings. The largest absolute Gasteiger partial charge is 0.469 e. The summed E-state index contributed by atoms with van der Waals surface area (Å²) >= 11 is 5.85. The van der Waals surface area contributed by atoms with Gasteiger partial charge in [0.2, 0.25) is 0 Å². The summed E-state index contributed by atoms with van der Waals surface area (Å²) in [5.74, 6) is -0.183. The summed E-state index contributed by atoms with van der Waals surface area (Å²) in [6, 6.07) is 7.82. The average Bonchev–Trinajstić information content (AvgIpc) is 2.38. The van der Waals surface area contributed by atoms with Gasteiger partial charge in [-0.15, -0.1) is 0 Å². The van der Waals surface area contributed by atoms with Gasteiger partial charge in [0.25, 0.3) is 0 Å². The maximum Gasteiger partial charge on any atom is 0.307 e. The number of benzene rings is 1. The van der Waals surface area contributed by atoms with Gasteiger partial charge >= 0.3 is 5.97 Å². The summed E-state index contributed by atoms with van der Waals surface area (Å²) in [4.78, 5) is 11.3. The molecule has 0 aromatic heterocycles. The van der Waals surface area contributed by atoms with Crippen molar-refractivity contribution in [3.8, 4) is 0 Å². The first-order chi connectivity index (χ1) is 8.65. The Kier molecular flexibility index (Phi) is 6.76. The van der Waals surface area contributed by atoms with Crippen molar-refractivity contribution in [1.29, 1.82) is 0 Å². The lowest BCUT2D eigenvalue weighted by molar-refractivity contribution is -0.141. The number of nitrogens with one attached hydrogen (secondary N) is 1. The van der Waals surface area contributed by atoms with Crippen LogP contribution in [0.1, 0.15) is 25.3 Å². The molecule has 0 spiro atoms. The van der Waals surface area contributed by atoms with Crippen LogP contribution in [-0.2, 0) is 16.0 Å². The fraction of sp³-hybridized carbons (Fsp3) is 0.500. The Morgan fingerprint density at radius 2 is 2.06 bits per heavy atom. The van der Waals surface area contributed by atoms with Crippen molar-refractivity contribution in [2.24, 2.45) is 0 Å². The average molecular weight is 270 g/mol. The molecule has 1 N–H and O–H groups in total. The Labute approximate surface area is 113 Å². The van der Waals surface area contributed by atoms with Crippen molar-refractivity contribution in [2.75, 3.05) is 13.7 Å². The van der Waals surface area contributed by atoms with E-state index in [1.165, 1.54) is 7.11 Å². The zero-order valence-electron chi connectivity index (χ0n) is 10.9. The molecule has 1 unspecified atom stereocenters. The molecule has 0 aliphatic carbocycles. The SMILES string of the molecule is CCCNC(CC(=O)OC)Cc1ccc(Cl)cc1. The number of ether oxygens (including phenoxy) is 1. The van der Waals surface area contributed by atoms with Crippen molar-refractivity contribution in [3.05, 3.63) is 34.9 Å². The van der Waals surface area contributed by atoms with Crippen molar-refractivity contribution in [2.45, 2.75) is 32.2 Å². The van der Waals surface area contributed by atoms with Gasteiger partial charge in [0, 0.05) is 11.1 Å². The summed E-state index contributed by atoms with van der Waals surface area (Å²) in [6.45, 7) is 3.00. The first kappa shape index (κ1) is 15.0. The lowest BCUT2D eigenvalue weighted by atomic mass is 10.0. The Hall–Kier alpha value is -1.06. The molecule has 0 bridgehead atoms. The lowest BCUT2D eigenvalue weighted by Crippen LogP contribution is -2.34. The predicted octanol–water partition coefficient (Wildman–Crippen LogP) is 2.81. The van der Waals surface area contributed by atoms with Crippen LogP contribution in [0.3, 0.4) is 0 Å². The minimum Gasteiger partial charge on any atom is -0.469 e. The number of halogens is 1. The number of rotatable bonds is 7. The number of methoxy groups -OCH3 is 1. The second kappa shape index (κ2) is 8.11. The van der Waals surface area contributed by atoms with Crippen LogP contribution in [0.2, 0.25) is 5.02 Å². The Morgan fingerprint density at radius 3 is 2.61 bits per heavy atom. The van der Waals surface area contributed by atoms with Crippen LogP contribution in [0.4, 0.5) is 0 Å². The Balaban J connectivity index is 2.59. The van der Waals surface area contributed by atoms with Crippen molar-refractivity contribution < 1.29 is 9.53 Å². The first-order valence-corrected chi connectivity index (χ1v) is 6.58. The highest BCUT2D eigenvalue weighted by molar-refractivity contribution is 6.30. The number of hydrogen-bond donors (Lipinski definition) is 1. The number of esters is 1. The fourth-order valence-electron chi connectivity index (χ4n) is 1.75. The molecule has 1 rings (SSSR count). The molecule has 18 heavy (non-hydrogen) atoms. The number of hydrogen-bond acceptors (Lipinski definition) is 3. The van der Waals surface area contributed by atoms with Gasteiger partial charge in [-0.25, -0.2) is 0 Å². The Bertz CT molecular complexity index is 365.